The zero-order valence-corrected chi connectivity index (χ0v) is 14.0. The lowest BCUT2D eigenvalue weighted by Crippen LogP contribution is -2.51. The van der Waals surface area contributed by atoms with Gasteiger partial charge in [-0.05, 0) is 39.8 Å². The standard InChI is InChI=1S/C15H26N6O2/c1-13(17-18-13)4-3-12(22)21(10-7-14(2)19-20-14)11-15(23)5-8-16-9-6-15/h16,23H,3-11H2,1-2H3. The molecule has 3 aliphatic heterocycles. The molecule has 0 unspecified atom stereocenters. The van der Waals surface area contributed by atoms with Crippen molar-refractivity contribution in [1.82, 2.24) is 10.2 Å². The first-order chi connectivity index (χ1) is 10.8. The van der Waals surface area contributed by atoms with Crippen molar-refractivity contribution in [2.75, 3.05) is 26.2 Å². The molecule has 1 saturated heterocycles. The Kier molecular flexibility index (Phi) is 4.22. The van der Waals surface area contributed by atoms with E-state index in [9.17, 15) is 9.90 Å². The maximum atomic E-state index is 12.6. The number of nitrogens with one attached hydrogen (secondary N) is 1. The highest BCUT2D eigenvalue weighted by molar-refractivity contribution is 5.76. The summed E-state index contributed by atoms with van der Waals surface area (Å²) in [4.78, 5) is 14.4. The maximum Gasteiger partial charge on any atom is 0.222 e. The predicted octanol–water partition coefficient (Wildman–Crippen LogP) is 1.46. The van der Waals surface area contributed by atoms with Gasteiger partial charge in [-0.25, -0.2) is 0 Å². The van der Waals surface area contributed by atoms with Gasteiger partial charge in [-0.1, -0.05) is 0 Å². The number of rotatable bonds is 8. The third-order valence-corrected chi connectivity index (χ3v) is 4.92. The molecule has 128 valence electrons. The molecule has 0 bridgehead atoms. The first-order valence-electron chi connectivity index (χ1n) is 8.41. The summed E-state index contributed by atoms with van der Waals surface area (Å²) in [6.07, 6.45) is 3.09. The lowest BCUT2D eigenvalue weighted by Gasteiger charge is -2.37. The summed E-state index contributed by atoms with van der Waals surface area (Å²) in [6.45, 7) is 6.41. The molecule has 0 saturated carbocycles. The third-order valence-electron chi connectivity index (χ3n) is 4.92. The van der Waals surface area contributed by atoms with E-state index in [0.717, 1.165) is 13.1 Å². The Bertz CT molecular complexity index is 514. The molecule has 3 heterocycles. The van der Waals surface area contributed by atoms with Crippen molar-refractivity contribution in [3.63, 3.8) is 0 Å². The van der Waals surface area contributed by atoms with Crippen LogP contribution >= 0.6 is 0 Å². The van der Waals surface area contributed by atoms with E-state index in [0.29, 0.717) is 45.2 Å². The number of carbonyl (C=O) groups is 1. The van der Waals surface area contributed by atoms with Crippen LogP contribution in [0.3, 0.4) is 0 Å². The monoisotopic (exact) mass is 322 g/mol. The molecule has 0 aromatic heterocycles. The quantitative estimate of drug-likeness (QED) is 0.707. The molecule has 1 fully saturated rings. The summed E-state index contributed by atoms with van der Waals surface area (Å²) in [5.41, 5.74) is -1.49. The molecule has 23 heavy (non-hydrogen) atoms. The van der Waals surface area contributed by atoms with E-state index in [-0.39, 0.29) is 17.2 Å². The topological polar surface area (TPSA) is 102 Å². The van der Waals surface area contributed by atoms with Gasteiger partial charge in [-0.2, -0.15) is 20.5 Å². The fourth-order valence-corrected chi connectivity index (χ4v) is 2.92. The second-order valence-electron chi connectivity index (χ2n) is 7.37. The van der Waals surface area contributed by atoms with Crippen molar-refractivity contribution in [2.45, 2.75) is 62.9 Å². The van der Waals surface area contributed by atoms with Crippen LogP contribution in [0.15, 0.2) is 20.5 Å². The highest BCUT2D eigenvalue weighted by Gasteiger charge is 2.39. The number of piperidine rings is 1. The van der Waals surface area contributed by atoms with Crippen LogP contribution in [0.4, 0.5) is 0 Å². The molecule has 0 aromatic rings. The van der Waals surface area contributed by atoms with E-state index in [1.807, 2.05) is 13.8 Å². The zero-order chi connectivity index (χ0) is 16.6. The molecule has 2 N–H and O–H groups in total. The molecule has 1 amide bonds. The number of hydrogen-bond acceptors (Lipinski definition) is 7. The summed E-state index contributed by atoms with van der Waals surface area (Å²) in [5, 5.41) is 29.9. The van der Waals surface area contributed by atoms with E-state index >= 15 is 0 Å². The van der Waals surface area contributed by atoms with Gasteiger partial charge in [0.25, 0.3) is 0 Å². The molecule has 8 nitrogen and oxygen atoms in total. The van der Waals surface area contributed by atoms with Crippen LogP contribution in [0.1, 0.15) is 46.0 Å². The minimum absolute atomic E-state index is 0.0553. The SMILES string of the molecule is CC1(CCC(=O)N(CCC2(C)N=N2)CC2(O)CCNCC2)N=N1. The van der Waals surface area contributed by atoms with Crippen molar-refractivity contribution in [3.8, 4) is 0 Å². The molecule has 3 rings (SSSR count). The molecule has 8 heteroatoms. The molecule has 3 aliphatic rings. The Balaban J connectivity index is 1.56. The highest BCUT2D eigenvalue weighted by atomic mass is 16.3. The van der Waals surface area contributed by atoms with Gasteiger partial charge in [-0.3, -0.25) is 4.79 Å². The zero-order valence-electron chi connectivity index (χ0n) is 14.0. The van der Waals surface area contributed by atoms with Crippen LogP contribution in [0.5, 0.6) is 0 Å². The fraction of sp³-hybridized carbons (Fsp3) is 0.933. The molecule has 0 atom stereocenters. The van der Waals surface area contributed by atoms with E-state index in [1.54, 1.807) is 4.90 Å². The normalized spacial score (nSPS) is 25.2. The third kappa shape index (κ3) is 4.54. The smallest absolute Gasteiger partial charge is 0.222 e. The number of aliphatic hydroxyl groups is 1. The van der Waals surface area contributed by atoms with Crippen LogP contribution in [-0.2, 0) is 4.79 Å². The summed E-state index contributed by atoms with van der Waals surface area (Å²) in [6, 6.07) is 0. The fourth-order valence-electron chi connectivity index (χ4n) is 2.92. The lowest BCUT2D eigenvalue weighted by atomic mass is 9.91. The van der Waals surface area contributed by atoms with Crippen molar-refractivity contribution in [2.24, 2.45) is 20.5 Å². The van der Waals surface area contributed by atoms with Crippen LogP contribution in [0, 0.1) is 0 Å². The maximum absolute atomic E-state index is 12.6. The van der Waals surface area contributed by atoms with Gasteiger partial charge in [0.2, 0.25) is 5.91 Å². The van der Waals surface area contributed by atoms with Crippen molar-refractivity contribution in [3.05, 3.63) is 0 Å². The number of nitrogens with zero attached hydrogens (tertiary/aromatic N) is 5. The second-order valence-corrected chi connectivity index (χ2v) is 7.37. The average molecular weight is 322 g/mol. The van der Waals surface area contributed by atoms with Gasteiger partial charge < -0.3 is 15.3 Å². The van der Waals surface area contributed by atoms with Crippen LogP contribution in [0.25, 0.3) is 0 Å². The largest absolute Gasteiger partial charge is 0.388 e. The van der Waals surface area contributed by atoms with Gasteiger partial charge in [0, 0.05) is 32.4 Å². The van der Waals surface area contributed by atoms with Crippen molar-refractivity contribution in [1.29, 1.82) is 0 Å². The molecule has 0 radical (unpaired) electrons. The lowest BCUT2D eigenvalue weighted by molar-refractivity contribution is -0.136. The molecular formula is C15H26N6O2. The Labute approximate surface area is 136 Å². The van der Waals surface area contributed by atoms with E-state index in [4.69, 9.17) is 0 Å². The summed E-state index contributed by atoms with van der Waals surface area (Å²) < 4.78 is 0. The van der Waals surface area contributed by atoms with Crippen molar-refractivity contribution < 1.29 is 9.90 Å². The van der Waals surface area contributed by atoms with Crippen molar-refractivity contribution >= 4 is 5.91 Å². The van der Waals surface area contributed by atoms with E-state index in [1.165, 1.54) is 0 Å². The first kappa shape index (κ1) is 16.4. The van der Waals surface area contributed by atoms with E-state index < -0.39 is 5.60 Å². The number of amides is 1. The Hall–Kier alpha value is -1.41. The molecule has 0 aliphatic carbocycles. The van der Waals surface area contributed by atoms with E-state index in [2.05, 4.69) is 25.8 Å². The molecular weight excluding hydrogens is 296 g/mol. The van der Waals surface area contributed by atoms with Crippen LogP contribution in [-0.4, -0.2) is 59.0 Å². The number of hydrogen-bond donors (Lipinski definition) is 2. The summed E-state index contributed by atoms with van der Waals surface area (Å²) in [7, 11) is 0. The Morgan fingerprint density at radius 3 is 2.22 bits per heavy atom. The predicted molar refractivity (Wildman–Crippen MR) is 84.0 cm³/mol. The Morgan fingerprint density at radius 1 is 1.09 bits per heavy atom. The van der Waals surface area contributed by atoms with Gasteiger partial charge >= 0.3 is 0 Å². The second kappa shape index (κ2) is 5.90. The first-order valence-corrected chi connectivity index (χ1v) is 8.41. The van der Waals surface area contributed by atoms with Gasteiger partial charge in [0.1, 0.15) is 0 Å². The Morgan fingerprint density at radius 2 is 1.65 bits per heavy atom. The highest BCUT2D eigenvalue weighted by Crippen LogP contribution is 2.33. The minimum atomic E-state index is -0.794. The summed E-state index contributed by atoms with van der Waals surface area (Å²) in [5.74, 6) is 0.0553. The summed E-state index contributed by atoms with van der Waals surface area (Å²) >= 11 is 0. The van der Waals surface area contributed by atoms with Crippen LogP contribution < -0.4 is 5.32 Å². The molecule has 0 aromatic carbocycles. The van der Waals surface area contributed by atoms with Crippen LogP contribution in [0.2, 0.25) is 0 Å². The minimum Gasteiger partial charge on any atom is -0.388 e. The molecule has 0 spiro atoms. The average Bonchev–Trinajstić information content (AvgIpc) is 3.42. The van der Waals surface area contributed by atoms with Gasteiger partial charge in [0.05, 0.1) is 5.60 Å². The van der Waals surface area contributed by atoms with Gasteiger partial charge in [-0.15, -0.1) is 0 Å². The number of carbonyl (C=O) groups excluding carboxylic acids is 1. The van der Waals surface area contributed by atoms with Gasteiger partial charge in [0.15, 0.2) is 11.3 Å².